The molecule has 2 aromatic heterocycles. The maximum atomic E-state index is 6.12. The molecule has 142 valence electrons. The molecule has 1 aliphatic heterocycles. The first-order valence-electron chi connectivity index (χ1n) is 9.21. The Kier molecular flexibility index (Phi) is 4.05. The molecule has 0 radical (unpaired) electrons. The molecule has 0 saturated carbocycles. The van der Waals surface area contributed by atoms with Crippen LogP contribution in [0.5, 0.6) is 0 Å². The fourth-order valence-corrected chi connectivity index (χ4v) is 3.42. The first-order valence-corrected chi connectivity index (χ1v) is 9.21. The first-order chi connectivity index (χ1) is 14.2. The van der Waals surface area contributed by atoms with Gasteiger partial charge in [-0.2, -0.15) is 0 Å². The van der Waals surface area contributed by atoms with Crippen LogP contribution in [0.15, 0.2) is 78.2 Å². The van der Waals surface area contributed by atoms with E-state index in [0.29, 0.717) is 17.3 Å². The summed E-state index contributed by atoms with van der Waals surface area (Å²) in [5, 5.41) is 7.25. The third-order valence-corrected chi connectivity index (χ3v) is 4.82. The van der Waals surface area contributed by atoms with Gasteiger partial charge in [0.05, 0.1) is 17.4 Å². The number of aromatic nitrogens is 3. The zero-order chi connectivity index (χ0) is 19.8. The van der Waals surface area contributed by atoms with Crippen molar-refractivity contribution in [3.05, 3.63) is 84.3 Å². The molecule has 3 heterocycles. The van der Waals surface area contributed by atoms with E-state index in [4.69, 9.17) is 15.5 Å². The van der Waals surface area contributed by atoms with Gasteiger partial charge >= 0.3 is 0 Å². The van der Waals surface area contributed by atoms with Crippen LogP contribution < -0.4 is 5.73 Å². The topological polar surface area (TPSA) is 89.5 Å². The highest BCUT2D eigenvalue weighted by atomic mass is 16.5. The van der Waals surface area contributed by atoms with Crippen LogP contribution >= 0.6 is 0 Å². The maximum Gasteiger partial charge on any atom is 0.263 e. The fourth-order valence-electron chi connectivity index (χ4n) is 3.42. The van der Waals surface area contributed by atoms with Crippen molar-refractivity contribution in [3.8, 4) is 11.3 Å². The van der Waals surface area contributed by atoms with Crippen molar-refractivity contribution in [3.63, 3.8) is 0 Å². The summed E-state index contributed by atoms with van der Waals surface area (Å²) in [6.45, 7) is 0. The van der Waals surface area contributed by atoms with Crippen LogP contribution in [0.25, 0.3) is 22.2 Å². The standard InChI is InChI=1S/C22H18N6O/c1-28-22(14-7-3-2-4-8-14)29-21(27-28)19-20(23)25-13-18(26-19)16-9-5-11-17-15(16)10-6-12-24-17/h2-13,22H,1H3,(H2,23,25). The number of nitrogen functional groups attached to an aromatic ring is 1. The van der Waals surface area contributed by atoms with Crippen LogP contribution in [0.3, 0.4) is 0 Å². The Bertz CT molecular complexity index is 1220. The molecule has 1 aliphatic rings. The minimum absolute atomic E-state index is 0.271. The summed E-state index contributed by atoms with van der Waals surface area (Å²) in [4.78, 5) is 13.5. The van der Waals surface area contributed by atoms with Crippen LogP contribution in [0.4, 0.5) is 5.82 Å². The number of fused-ring (bicyclic) bond motifs is 1. The van der Waals surface area contributed by atoms with Crippen molar-refractivity contribution >= 4 is 22.6 Å². The molecule has 7 heteroatoms. The molecule has 4 aromatic rings. The zero-order valence-corrected chi connectivity index (χ0v) is 15.7. The number of hydrogen-bond donors (Lipinski definition) is 1. The minimum Gasteiger partial charge on any atom is -0.445 e. The lowest BCUT2D eigenvalue weighted by atomic mass is 10.1. The van der Waals surface area contributed by atoms with Gasteiger partial charge in [0.25, 0.3) is 5.90 Å². The predicted molar refractivity (Wildman–Crippen MR) is 112 cm³/mol. The number of nitrogens with two attached hydrogens (primary N) is 1. The van der Waals surface area contributed by atoms with Gasteiger partial charge in [0.15, 0.2) is 11.5 Å². The second kappa shape index (κ2) is 6.87. The summed E-state index contributed by atoms with van der Waals surface area (Å²) in [6, 6.07) is 19.7. The summed E-state index contributed by atoms with van der Waals surface area (Å²) >= 11 is 0. The smallest absolute Gasteiger partial charge is 0.263 e. The van der Waals surface area contributed by atoms with E-state index in [0.717, 1.165) is 22.0 Å². The van der Waals surface area contributed by atoms with Gasteiger partial charge in [0, 0.05) is 29.8 Å². The van der Waals surface area contributed by atoms with Gasteiger partial charge < -0.3 is 10.5 Å². The molecule has 1 atom stereocenters. The summed E-state index contributed by atoms with van der Waals surface area (Å²) in [6.07, 6.45) is 3.10. The number of hydrogen-bond acceptors (Lipinski definition) is 7. The molecular weight excluding hydrogens is 364 g/mol. The molecule has 0 aliphatic carbocycles. The van der Waals surface area contributed by atoms with Gasteiger partial charge in [-0.05, 0) is 12.1 Å². The summed E-state index contributed by atoms with van der Waals surface area (Å²) < 4.78 is 6.09. The van der Waals surface area contributed by atoms with E-state index < -0.39 is 0 Å². The van der Waals surface area contributed by atoms with E-state index in [1.165, 1.54) is 0 Å². The highest BCUT2D eigenvalue weighted by molar-refractivity contribution is 5.98. The molecule has 1 unspecified atom stereocenters. The quantitative estimate of drug-likeness (QED) is 0.582. The number of ether oxygens (including phenoxy) is 1. The maximum absolute atomic E-state index is 6.12. The minimum atomic E-state index is -0.335. The number of hydrazone groups is 1. The average molecular weight is 382 g/mol. The summed E-state index contributed by atoms with van der Waals surface area (Å²) in [7, 11) is 1.86. The van der Waals surface area contributed by atoms with E-state index in [1.807, 2.05) is 67.7 Å². The van der Waals surface area contributed by atoms with Crippen LogP contribution in [-0.4, -0.2) is 32.9 Å². The van der Waals surface area contributed by atoms with Gasteiger partial charge in [-0.1, -0.05) is 48.5 Å². The highest BCUT2D eigenvalue weighted by Gasteiger charge is 2.30. The third kappa shape index (κ3) is 3.02. The molecule has 0 amide bonds. The van der Waals surface area contributed by atoms with Gasteiger partial charge in [-0.3, -0.25) is 9.99 Å². The van der Waals surface area contributed by atoms with Crippen LogP contribution in [-0.2, 0) is 4.74 Å². The van der Waals surface area contributed by atoms with Gasteiger partial charge in [0.2, 0.25) is 6.23 Å². The number of anilines is 1. The Balaban J connectivity index is 1.55. The molecule has 0 saturated heterocycles. The second-order valence-electron chi connectivity index (χ2n) is 6.72. The van der Waals surface area contributed by atoms with E-state index in [1.54, 1.807) is 17.4 Å². The third-order valence-electron chi connectivity index (χ3n) is 4.82. The van der Waals surface area contributed by atoms with Crippen molar-refractivity contribution in [2.75, 3.05) is 12.8 Å². The SMILES string of the molecule is CN1N=C(c2nc(-c3cccc4ncccc34)cnc2N)OC1c1ccccc1. The number of nitrogens with zero attached hydrogens (tertiary/aromatic N) is 5. The van der Waals surface area contributed by atoms with Crippen molar-refractivity contribution in [1.82, 2.24) is 20.0 Å². The molecule has 7 nitrogen and oxygen atoms in total. The molecule has 2 aromatic carbocycles. The van der Waals surface area contributed by atoms with E-state index in [2.05, 4.69) is 15.1 Å². The first kappa shape index (κ1) is 17.1. The fraction of sp³-hybridized carbons (Fsp3) is 0.0909. The Labute approximate surface area is 167 Å². The molecule has 0 fully saturated rings. The van der Waals surface area contributed by atoms with Gasteiger partial charge in [-0.15, -0.1) is 5.10 Å². The van der Waals surface area contributed by atoms with Gasteiger partial charge in [-0.25, -0.2) is 9.97 Å². The lowest BCUT2D eigenvalue weighted by Crippen LogP contribution is -2.16. The van der Waals surface area contributed by atoms with Crippen molar-refractivity contribution in [2.45, 2.75) is 6.23 Å². The van der Waals surface area contributed by atoms with Crippen molar-refractivity contribution in [1.29, 1.82) is 0 Å². The normalized spacial score (nSPS) is 16.0. The molecular formula is C22H18N6O. The van der Waals surface area contributed by atoms with Crippen LogP contribution in [0.1, 0.15) is 17.5 Å². The van der Waals surface area contributed by atoms with E-state index in [9.17, 15) is 0 Å². The number of benzene rings is 2. The zero-order valence-electron chi connectivity index (χ0n) is 15.7. The largest absolute Gasteiger partial charge is 0.445 e. The second-order valence-corrected chi connectivity index (χ2v) is 6.72. The Morgan fingerprint density at radius 1 is 0.966 bits per heavy atom. The average Bonchev–Trinajstić information content (AvgIpc) is 3.16. The Morgan fingerprint density at radius 2 is 1.83 bits per heavy atom. The lowest BCUT2D eigenvalue weighted by Gasteiger charge is -2.17. The summed E-state index contributed by atoms with van der Waals surface area (Å²) in [5.74, 6) is 0.625. The molecule has 0 spiro atoms. The van der Waals surface area contributed by atoms with Crippen molar-refractivity contribution < 1.29 is 4.74 Å². The van der Waals surface area contributed by atoms with Crippen LogP contribution in [0.2, 0.25) is 0 Å². The number of rotatable bonds is 3. The molecule has 0 bridgehead atoms. The lowest BCUT2D eigenvalue weighted by molar-refractivity contribution is 0.0778. The van der Waals surface area contributed by atoms with Crippen LogP contribution in [0, 0.1) is 0 Å². The monoisotopic (exact) mass is 382 g/mol. The Morgan fingerprint density at radius 3 is 2.69 bits per heavy atom. The highest BCUT2D eigenvalue weighted by Crippen LogP contribution is 2.31. The van der Waals surface area contributed by atoms with E-state index >= 15 is 0 Å². The molecule has 5 rings (SSSR count). The van der Waals surface area contributed by atoms with Gasteiger partial charge in [0.1, 0.15) is 0 Å². The Hall–Kier alpha value is -4.00. The van der Waals surface area contributed by atoms with E-state index in [-0.39, 0.29) is 12.0 Å². The predicted octanol–water partition coefficient (Wildman–Crippen LogP) is 3.60. The van der Waals surface area contributed by atoms with Crippen molar-refractivity contribution in [2.24, 2.45) is 5.10 Å². The number of pyridine rings is 1. The molecule has 2 N–H and O–H groups in total. The summed E-state index contributed by atoms with van der Waals surface area (Å²) in [5.41, 5.74) is 10.0. The molecule has 29 heavy (non-hydrogen) atoms.